The van der Waals surface area contributed by atoms with Crippen LogP contribution in [0.25, 0.3) is 0 Å². The minimum Gasteiger partial charge on any atom is -0.366 e. The molecular formula is C18H22N4. The van der Waals surface area contributed by atoms with Crippen molar-refractivity contribution in [2.45, 2.75) is 26.9 Å². The second kappa shape index (κ2) is 8.62. The maximum atomic E-state index is 4.48. The molecule has 0 spiro atoms. The maximum Gasteiger partial charge on any atom is 0.126 e. The summed E-state index contributed by atoms with van der Waals surface area (Å²) in [7, 11) is 0. The van der Waals surface area contributed by atoms with Gasteiger partial charge in [-0.15, -0.1) is 0 Å². The van der Waals surface area contributed by atoms with E-state index >= 15 is 0 Å². The smallest absolute Gasteiger partial charge is 0.126 e. The molecule has 0 unspecified atom stereocenters. The third-order valence-electron chi connectivity index (χ3n) is 3.12. The van der Waals surface area contributed by atoms with Gasteiger partial charge in [-0.1, -0.05) is 36.4 Å². The standard InChI is InChI=1S/C18H22N4/c1-3-11-19-15(2)21-13-16-7-9-17(10-8-16)14-22-18-6-4-5-12-20-18/h3-12H,13-14H2,1-2H3,(H,19,21)(H,20,22)/b11-3-. The van der Waals surface area contributed by atoms with Crippen LogP contribution in [-0.4, -0.2) is 10.8 Å². The molecule has 0 aliphatic rings. The molecule has 0 amide bonds. The molecule has 0 saturated carbocycles. The number of benzene rings is 1. The van der Waals surface area contributed by atoms with Crippen molar-refractivity contribution < 1.29 is 0 Å². The summed E-state index contributed by atoms with van der Waals surface area (Å²) in [5.41, 5.74) is 2.42. The number of nitrogens with one attached hydrogen (secondary N) is 2. The average molecular weight is 294 g/mol. The zero-order valence-corrected chi connectivity index (χ0v) is 13.1. The van der Waals surface area contributed by atoms with Crippen LogP contribution < -0.4 is 10.6 Å². The topological polar surface area (TPSA) is 49.3 Å². The largest absolute Gasteiger partial charge is 0.366 e. The molecule has 0 aliphatic carbocycles. The lowest BCUT2D eigenvalue weighted by atomic mass is 10.1. The first-order valence-electron chi connectivity index (χ1n) is 7.39. The number of anilines is 1. The van der Waals surface area contributed by atoms with E-state index in [9.17, 15) is 0 Å². The monoisotopic (exact) mass is 294 g/mol. The first-order chi connectivity index (χ1) is 10.8. The lowest BCUT2D eigenvalue weighted by molar-refractivity contribution is 1.03. The van der Waals surface area contributed by atoms with Crippen LogP contribution in [0.5, 0.6) is 0 Å². The van der Waals surface area contributed by atoms with Crippen LogP contribution in [0.3, 0.4) is 0 Å². The normalized spacial score (nSPS) is 11.6. The molecule has 4 heteroatoms. The Hall–Kier alpha value is -2.62. The van der Waals surface area contributed by atoms with Crippen molar-refractivity contribution in [3.05, 3.63) is 72.1 Å². The van der Waals surface area contributed by atoms with Crippen molar-refractivity contribution in [2.75, 3.05) is 5.32 Å². The molecule has 22 heavy (non-hydrogen) atoms. The first-order valence-corrected chi connectivity index (χ1v) is 7.39. The molecule has 114 valence electrons. The summed E-state index contributed by atoms with van der Waals surface area (Å²) in [6.07, 6.45) is 5.61. The highest BCUT2D eigenvalue weighted by molar-refractivity contribution is 5.80. The van der Waals surface area contributed by atoms with Gasteiger partial charge in [0.25, 0.3) is 0 Å². The van der Waals surface area contributed by atoms with Crippen LogP contribution in [-0.2, 0) is 13.1 Å². The van der Waals surface area contributed by atoms with E-state index in [0.717, 1.165) is 18.2 Å². The molecule has 0 atom stereocenters. The zero-order chi connectivity index (χ0) is 15.6. The van der Waals surface area contributed by atoms with Gasteiger partial charge in [-0.25, -0.2) is 4.98 Å². The van der Waals surface area contributed by atoms with Gasteiger partial charge in [0.15, 0.2) is 0 Å². The first kappa shape index (κ1) is 15.8. The average Bonchev–Trinajstić information content (AvgIpc) is 2.58. The van der Waals surface area contributed by atoms with E-state index in [1.807, 2.05) is 44.3 Å². The summed E-state index contributed by atoms with van der Waals surface area (Å²) in [4.78, 5) is 8.73. The Labute approximate surface area is 132 Å². The van der Waals surface area contributed by atoms with Gasteiger partial charge in [-0.2, -0.15) is 0 Å². The van der Waals surface area contributed by atoms with E-state index in [1.54, 1.807) is 6.20 Å². The molecule has 0 saturated heterocycles. The fourth-order valence-corrected chi connectivity index (χ4v) is 1.88. The molecule has 2 N–H and O–H groups in total. The number of nitrogens with zero attached hydrogens (tertiary/aromatic N) is 2. The second-order valence-corrected chi connectivity index (χ2v) is 4.93. The molecule has 1 heterocycles. The van der Waals surface area contributed by atoms with Crippen molar-refractivity contribution in [2.24, 2.45) is 4.99 Å². The summed E-state index contributed by atoms with van der Waals surface area (Å²) >= 11 is 0. The van der Waals surface area contributed by atoms with Crippen molar-refractivity contribution >= 4 is 11.7 Å². The molecule has 0 radical (unpaired) electrons. The predicted octanol–water partition coefficient (Wildman–Crippen LogP) is 3.74. The Morgan fingerprint density at radius 1 is 1.14 bits per heavy atom. The van der Waals surface area contributed by atoms with E-state index in [4.69, 9.17) is 0 Å². The number of aromatic nitrogens is 1. The molecule has 1 aromatic carbocycles. The Bertz CT molecular complexity index is 615. The summed E-state index contributed by atoms with van der Waals surface area (Å²) in [5, 5.41) is 6.40. The van der Waals surface area contributed by atoms with E-state index in [1.165, 1.54) is 11.1 Å². The van der Waals surface area contributed by atoms with E-state index in [2.05, 4.69) is 44.9 Å². The molecule has 0 fully saturated rings. The van der Waals surface area contributed by atoms with Crippen molar-refractivity contribution in [3.8, 4) is 0 Å². The van der Waals surface area contributed by atoms with Crippen molar-refractivity contribution in [3.63, 3.8) is 0 Å². The highest BCUT2D eigenvalue weighted by Crippen LogP contribution is 2.08. The highest BCUT2D eigenvalue weighted by atomic mass is 15.0. The summed E-state index contributed by atoms with van der Waals surface area (Å²) in [6, 6.07) is 14.3. The lowest BCUT2D eigenvalue weighted by Gasteiger charge is -2.06. The van der Waals surface area contributed by atoms with Crippen LogP contribution >= 0.6 is 0 Å². The molecular weight excluding hydrogens is 272 g/mol. The minimum atomic E-state index is 0.685. The number of hydrogen-bond donors (Lipinski definition) is 2. The van der Waals surface area contributed by atoms with Crippen LogP contribution in [0.4, 0.5) is 5.82 Å². The summed E-state index contributed by atoms with van der Waals surface area (Å²) in [6.45, 7) is 5.38. The quantitative estimate of drug-likeness (QED) is 0.630. The van der Waals surface area contributed by atoms with Crippen molar-refractivity contribution in [1.82, 2.24) is 10.3 Å². The number of rotatable bonds is 6. The molecule has 2 rings (SSSR count). The Morgan fingerprint density at radius 2 is 1.91 bits per heavy atom. The molecule has 4 nitrogen and oxygen atoms in total. The summed E-state index contributed by atoms with van der Waals surface area (Å²) < 4.78 is 0. The van der Waals surface area contributed by atoms with Gasteiger partial charge < -0.3 is 10.6 Å². The fraction of sp³-hybridized carbons (Fsp3) is 0.222. The van der Waals surface area contributed by atoms with Gasteiger partial charge in [-0.05, 0) is 43.3 Å². The number of aliphatic imine (C=N–C) groups is 1. The Kier molecular flexibility index (Phi) is 6.18. The van der Waals surface area contributed by atoms with Gasteiger partial charge in [0.05, 0.1) is 12.4 Å². The second-order valence-electron chi connectivity index (χ2n) is 4.93. The Balaban J connectivity index is 1.85. The van der Waals surface area contributed by atoms with E-state index in [-0.39, 0.29) is 0 Å². The van der Waals surface area contributed by atoms with E-state index in [0.29, 0.717) is 6.54 Å². The maximum absolute atomic E-state index is 4.48. The third-order valence-corrected chi connectivity index (χ3v) is 3.12. The number of hydrogen-bond acceptors (Lipinski definition) is 3. The van der Waals surface area contributed by atoms with Crippen LogP contribution in [0, 0.1) is 0 Å². The predicted molar refractivity (Wildman–Crippen MR) is 92.8 cm³/mol. The lowest BCUT2D eigenvalue weighted by Crippen LogP contribution is -2.12. The van der Waals surface area contributed by atoms with Gasteiger partial charge in [0.1, 0.15) is 5.82 Å². The third kappa shape index (κ3) is 5.40. The van der Waals surface area contributed by atoms with Gasteiger partial charge in [0, 0.05) is 12.7 Å². The highest BCUT2D eigenvalue weighted by Gasteiger charge is 1.96. The SMILES string of the molecule is C/C=C\NC(C)=NCc1ccc(CNc2ccccn2)cc1. The van der Waals surface area contributed by atoms with Crippen LogP contribution in [0.1, 0.15) is 25.0 Å². The molecule has 0 bridgehead atoms. The van der Waals surface area contributed by atoms with Crippen molar-refractivity contribution in [1.29, 1.82) is 0 Å². The van der Waals surface area contributed by atoms with E-state index < -0.39 is 0 Å². The summed E-state index contributed by atoms with van der Waals surface area (Å²) in [5.74, 6) is 1.81. The van der Waals surface area contributed by atoms with Crippen LogP contribution in [0.15, 0.2) is 65.9 Å². The van der Waals surface area contributed by atoms with Gasteiger partial charge in [-0.3, -0.25) is 4.99 Å². The van der Waals surface area contributed by atoms with Crippen LogP contribution in [0.2, 0.25) is 0 Å². The van der Waals surface area contributed by atoms with Gasteiger partial charge >= 0.3 is 0 Å². The van der Waals surface area contributed by atoms with Gasteiger partial charge in [0.2, 0.25) is 0 Å². The Morgan fingerprint density at radius 3 is 2.59 bits per heavy atom. The molecule has 1 aromatic heterocycles. The fourth-order valence-electron chi connectivity index (χ4n) is 1.88. The minimum absolute atomic E-state index is 0.685. The molecule has 2 aromatic rings. The number of allylic oxidation sites excluding steroid dienone is 1. The molecule has 0 aliphatic heterocycles. The number of amidine groups is 1. The number of pyridine rings is 1. The zero-order valence-electron chi connectivity index (χ0n) is 13.1.